The van der Waals surface area contributed by atoms with E-state index in [4.69, 9.17) is 0 Å². The Hall–Kier alpha value is -2.05. The lowest BCUT2D eigenvalue weighted by Gasteiger charge is -2.14. The van der Waals surface area contributed by atoms with E-state index in [0.717, 1.165) is 0 Å². The fourth-order valence-electron chi connectivity index (χ4n) is 1.09. The van der Waals surface area contributed by atoms with Crippen LogP contribution in [0.15, 0.2) is 18.2 Å². The average molecular weight is 339 g/mol. The van der Waals surface area contributed by atoms with Crippen molar-refractivity contribution in [2.75, 3.05) is 0 Å². The third-order valence-corrected chi connectivity index (χ3v) is 2.93. The lowest BCUT2D eigenvalue weighted by molar-refractivity contribution is -0.385. The van der Waals surface area contributed by atoms with E-state index in [1.807, 2.05) is 0 Å². The third kappa shape index (κ3) is 3.74. The largest absolute Gasteiger partial charge is 0.534 e. The molecule has 0 bridgehead atoms. The van der Waals surface area contributed by atoms with Gasteiger partial charge in [0.15, 0.2) is 5.75 Å². The summed E-state index contributed by atoms with van der Waals surface area (Å²) in [5, 5.41) is 10.4. The van der Waals surface area contributed by atoms with Crippen LogP contribution in [0.25, 0.3) is 0 Å². The number of nitrogens with zero attached hydrogens (tertiary/aromatic N) is 1. The van der Waals surface area contributed by atoms with Gasteiger partial charge in [0.05, 0.1) is 16.6 Å². The van der Waals surface area contributed by atoms with E-state index in [1.165, 1.54) is 0 Å². The topological polar surface area (TPSA) is 86.5 Å². The van der Waals surface area contributed by atoms with Gasteiger partial charge >= 0.3 is 21.8 Å². The predicted octanol–water partition coefficient (Wildman–Crippen LogP) is 2.84. The highest BCUT2D eigenvalue weighted by atomic mass is 32.2. The van der Waals surface area contributed by atoms with Gasteiger partial charge in [-0.05, 0) is 6.07 Å². The second-order valence-corrected chi connectivity index (χ2v) is 4.96. The summed E-state index contributed by atoms with van der Waals surface area (Å²) in [7, 11) is -6.40. The van der Waals surface area contributed by atoms with Crippen LogP contribution in [0.1, 0.15) is 5.56 Å². The lowest BCUT2D eigenvalue weighted by Crippen LogP contribution is -2.29. The first kappa shape index (κ1) is 17.0. The summed E-state index contributed by atoms with van der Waals surface area (Å²) in [5.74, 6) is -1.84. The third-order valence-electron chi connectivity index (χ3n) is 1.96. The zero-order valence-electron chi connectivity index (χ0n) is 9.40. The Morgan fingerprint density at radius 3 is 2.00 bits per heavy atom. The molecule has 0 heterocycles. The fraction of sp³-hybridized carbons (Fsp3) is 0.250. The van der Waals surface area contributed by atoms with Crippen molar-refractivity contribution in [3.05, 3.63) is 33.9 Å². The molecule has 0 aliphatic heterocycles. The van der Waals surface area contributed by atoms with Gasteiger partial charge in [0.25, 0.3) is 5.69 Å². The molecular weight excluding hydrogens is 336 g/mol. The Morgan fingerprint density at radius 1 is 1.10 bits per heavy atom. The molecule has 1 aromatic carbocycles. The van der Waals surface area contributed by atoms with E-state index >= 15 is 0 Å². The highest BCUT2D eigenvalue weighted by molar-refractivity contribution is 7.88. The van der Waals surface area contributed by atoms with Crippen LogP contribution in [0.2, 0.25) is 0 Å². The van der Waals surface area contributed by atoms with Crippen LogP contribution in [-0.4, -0.2) is 18.8 Å². The highest BCUT2D eigenvalue weighted by Gasteiger charge is 2.50. The number of benzene rings is 1. The predicted molar refractivity (Wildman–Crippen MR) is 53.7 cm³/mol. The number of rotatable bonds is 3. The van der Waals surface area contributed by atoms with Gasteiger partial charge in [-0.3, -0.25) is 10.1 Å². The van der Waals surface area contributed by atoms with Crippen LogP contribution >= 0.6 is 0 Å². The minimum Gasteiger partial charge on any atom is -0.375 e. The number of nitro benzene ring substituents is 1. The van der Waals surface area contributed by atoms with Gasteiger partial charge < -0.3 is 4.18 Å². The molecular formula is C8H3F6NO5S. The van der Waals surface area contributed by atoms with Crippen molar-refractivity contribution in [2.45, 2.75) is 11.7 Å². The summed E-state index contributed by atoms with van der Waals surface area (Å²) in [6.07, 6.45) is -5.27. The molecule has 13 heteroatoms. The minimum atomic E-state index is -6.40. The summed E-state index contributed by atoms with van der Waals surface area (Å²) in [6, 6.07) is 0.321. The number of nitro groups is 1. The number of non-ortho nitro benzene ring substituents is 1. The number of alkyl halides is 6. The van der Waals surface area contributed by atoms with Crippen molar-refractivity contribution >= 4 is 15.8 Å². The van der Waals surface area contributed by atoms with Crippen LogP contribution in [0, 0.1) is 10.1 Å². The molecule has 0 saturated heterocycles. The van der Waals surface area contributed by atoms with Crippen molar-refractivity contribution < 1.29 is 43.9 Å². The average Bonchev–Trinajstić information content (AvgIpc) is 2.24. The molecule has 0 unspecified atom stereocenters. The van der Waals surface area contributed by atoms with Crippen molar-refractivity contribution in [3.63, 3.8) is 0 Å². The van der Waals surface area contributed by atoms with Gasteiger partial charge in [-0.1, -0.05) is 0 Å². The van der Waals surface area contributed by atoms with Crippen LogP contribution in [-0.2, 0) is 16.3 Å². The Labute approximate surface area is 112 Å². The molecule has 0 radical (unpaired) electrons. The molecule has 0 aliphatic carbocycles. The second kappa shape index (κ2) is 5.05. The first-order valence-corrected chi connectivity index (χ1v) is 6.03. The van der Waals surface area contributed by atoms with E-state index in [2.05, 4.69) is 4.18 Å². The van der Waals surface area contributed by atoms with E-state index in [-0.39, 0.29) is 12.1 Å². The van der Waals surface area contributed by atoms with E-state index < -0.39 is 43.7 Å². The van der Waals surface area contributed by atoms with Crippen molar-refractivity contribution in [1.29, 1.82) is 0 Å². The van der Waals surface area contributed by atoms with Crippen molar-refractivity contribution in [3.8, 4) is 5.75 Å². The van der Waals surface area contributed by atoms with E-state index in [1.54, 1.807) is 0 Å². The lowest BCUT2D eigenvalue weighted by atomic mass is 10.2. The fourth-order valence-corrected chi connectivity index (χ4v) is 1.56. The zero-order chi connectivity index (χ0) is 16.6. The maximum absolute atomic E-state index is 12.5. The van der Waals surface area contributed by atoms with Crippen LogP contribution in [0.5, 0.6) is 5.75 Å². The monoisotopic (exact) mass is 339 g/mol. The molecule has 0 saturated carbocycles. The number of hydrogen-bond acceptors (Lipinski definition) is 5. The van der Waals surface area contributed by atoms with Gasteiger partial charge in [-0.25, -0.2) is 0 Å². The van der Waals surface area contributed by atoms with Crippen LogP contribution in [0.4, 0.5) is 32.0 Å². The van der Waals surface area contributed by atoms with E-state index in [0.29, 0.717) is 6.07 Å². The number of hydrogen-bond donors (Lipinski definition) is 0. The van der Waals surface area contributed by atoms with Crippen molar-refractivity contribution in [1.82, 2.24) is 0 Å². The standard InChI is InChI=1S/C8H3F6NO5S/c9-7(10,11)5-2-1-4(15(16)17)3-6(5)20-21(18,19)8(12,13)14/h1-3H. The Kier molecular flexibility index (Phi) is 4.09. The Balaban J connectivity index is 3.45. The Bertz CT molecular complexity index is 665. The molecule has 118 valence electrons. The molecule has 6 nitrogen and oxygen atoms in total. The molecule has 0 fully saturated rings. The summed E-state index contributed by atoms with van der Waals surface area (Å²) in [6.45, 7) is 0. The first-order chi connectivity index (χ1) is 9.25. The zero-order valence-corrected chi connectivity index (χ0v) is 10.2. The summed E-state index contributed by atoms with van der Waals surface area (Å²) >= 11 is 0. The second-order valence-electron chi connectivity index (χ2n) is 3.42. The molecule has 0 amide bonds. The highest BCUT2D eigenvalue weighted by Crippen LogP contribution is 2.40. The molecule has 0 aliphatic rings. The maximum Gasteiger partial charge on any atom is 0.534 e. The summed E-state index contributed by atoms with van der Waals surface area (Å²) < 4.78 is 98.5. The summed E-state index contributed by atoms with van der Waals surface area (Å²) in [4.78, 5) is 9.14. The molecule has 1 rings (SSSR count). The molecule has 0 spiro atoms. The van der Waals surface area contributed by atoms with E-state index in [9.17, 15) is 44.9 Å². The minimum absolute atomic E-state index is 0.0410. The van der Waals surface area contributed by atoms with Crippen molar-refractivity contribution in [2.24, 2.45) is 0 Å². The van der Waals surface area contributed by atoms with Gasteiger partial charge in [-0.15, -0.1) is 0 Å². The normalized spacial score (nSPS) is 13.0. The van der Waals surface area contributed by atoms with Gasteiger partial charge in [0, 0.05) is 6.07 Å². The maximum atomic E-state index is 12.5. The van der Waals surface area contributed by atoms with Gasteiger partial charge in [-0.2, -0.15) is 34.8 Å². The first-order valence-electron chi connectivity index (χ1n) is 4.62. The van der Waals surface area contributed by atoms with Crippen LogP contribution < -0.4 is 4.18 Å². The number of halogens is 6. The molecule has 0 N–H and O–H groups in total. The quantitative estimate of drug-likeness (QED) is 0.278. The molecule has 0 aromatic heterocycles. The Morgan fingerprint density at radius 2 is 1.62 bits per heavy atom. The summed E-state index contributed by atoms with van der Waals surface area (Å²) in [5.41, 5.74) is -8.96. The molecule has 0 atom stereocenters. The SMILES string of the molecule is O=[N+]([O-])c1ccc(C(F)(F)F)c(OS(=O)(=O)C(F)(F)F)c1. The van der Waals surface area contributed by atoms with Gasteiger partial charge in [0.1, 0.15) is 0 Å². The van der Waals surface area contributed by atoms with Crippen LogP contribution in [0.3, 0.4) is 0 Å². The van der Waals surface area contributed by atoms with Gasteiger partial charge in [0.2, 0.25) is 0 Å². The molecule has 1 aromatic rings. The molecule has 21 heavy (non-hydrogen) atoms. The smallest absolute Gasteiger partial charge is 0.375 e.